The van der Waals surface area contributed by atoms with Crippen LogP contribution in [-0.4, -0.2) is 20.8 Å². The number of aromatic nitrogens is 2. The molecule has 0 spiro atoms. The van der Waals surface area contributed by atoms with Gasteiger partial charge in [-0.3, -0.25) is 0 Å². The molecule has 0 saturated heterocycles. The first-order valence-electron chi connectivity index (χ1n) is 9.24. The van der Waals surface area contributed by atoms with Crippen LogP contribution in [0.15, 0.2) is 90.0 Å². The van der Waals surface area contributed by atoms with E-state index in [1.807, 2.05) is 73.7 Å². The minimum absolute atomic E-state index is 0.0716. The predicted octanol–water partition coefficient (Wildman–Crippen LogP) is 4.54. The van der Waals surface area contributed by atoms with Crippen molar-refractivity contribution < 1.29 is 5.11 Å². The smallest absolute Gasteiger partial charge is 0.181 e. The summed E-state index contributed by atoms with van der Waals surface area (Å²) in [5, 5.41) is 14.2. The number of rotatable bonds is 4. The molecule has 4 aromatic rings. The molecule has 29 heavy (non-hydrogen) atoms. The van der Waals surface area contributed by atoms with Crippen molar-refractivity contribution in [2.75, 3.05) is 0 Å². The monoisotopic (exact) mass is 380 g/mol. The van der Waals surface area contributed by atoms with Gasteiger partial charge in [-0.2, -0.15) is 5.10 Å². The minimum Gasteiger partial charge on any atom is -0.507 e. The molecule has 3 N–H and O–H groups in total. The molecule has 0 bridgehead atoms. The third kappa shape index (κ3) is 3.84. The molecule has 5 heteroatoms. The van der Waals surface area contributed by atoms with Gasteiger partial charge in [-0.1, -0.05) is 72.3 Å². The van der Waals surface area contributed by atoms with E-state index in [9.17, 15) is 5.11 Å². The number of phenols is 1. The summed E-state index contributed by atoms with van der Waals surface area (Å²) in [7, 11) is 0. The Labute approximate surface area is 169 Å². The number of aromatic hydroxyl groups is 1. The quantitative estimate of drug-likeness (QED) is 0.309. The Morgan fingerprint density at radius 3 is 2.00 bits per heavy atom. The summed E-state index contributed by atoms with van der Waals surface area (Å²) in [5.41, 5.74) is 5.41. The Morgan fingerprint density at radius 1 is 0.793 bits per heavy atom. The van der Waals surface area contributed by atoms with E-state index in [-0.39, 0.29) is 5.75 Å². The number of hydrogen-bond acceptors (Lipinski definition) is 5. The number of benzene rings is 3. The maximum atomic E-state index is 10.3. The third-order valence-electron chi connectivity index (χ3n) is 4.64. The molecule has 142 valence electrons. The van der Waals surface area contributed by atoms with E-state index in [4.69, 9.17) is 15.8 Å². The van der Waals surface area contributed by atoms with Gasteiger partial charge in [-0.25, -0.2) is 9.97 Å². The van der Waals surface area contributed by atoms with Gasteiger partial charge in [0.25, 0.3) is 0 Å². The van der Waals surface area contributed by atoms with Crippen LogP contribution in [0, 0.1) is 6.92 Å². The second kappa shape index (κ2) is 7.94. The molecule has 0 radical (unpaired) electrons. The number of nitrogens with two attached hydrogens (primary N) is 1. The summed E-state index contributed by atoms with van der Waals surface area (Å²) in [4.78, 5) is 9.42. The van der Waals surface area contributed by atoms with Crippen molar-refractivity contribution >= 4 is 5.71 Å². The Morgan fingerprint density at radius 2 is 1.38 bits per heavy atom. The van der Waals surface area contributed by atoms with Crippen LogP contribution < -0.4 is 5.84 Å². The highest BCUT2D eigenvalue weighted by Crippen LogP contribution is 2.26. The summed E-state index contributed by atoms with van der Waals surface area (Å²) in [6, 6.07) is 26.8. The van der Waals surface area contributed by atoms with E-state index in [0.29, 0.717) is 17.1 Å². The summed E-state index contributed by atoms with van der Waals surface area (Å²) in [5.74, 6) is 6.12. The molecule has 0 aliphatic carbocycles. The lowest BCUT2D eigenvalue weighted by molar-refractivity contribution is 0.474. The molecule has 0 atom stereocenters. The van der Waals surface area contributed by atoms with Gasteiger partial charge < -0.3 is 10.9 Å². The number of para-hydroxylation sites is 1. The van der Waals surface area contributed by atoms with E-state index in [1.54, 1.807) is 18.2 Å². The van der Waals surface area contributed by atoms with Crippen molar-refractivity contribution in [1.29, 1.82) is 0 Å². The molecule has 5 nitrogen and oxygen atoms in total. The Hall–Kier alpha value is -3.99. The molecule has 0 saturated carbocycles. The first kappa shape index (κ1) is 18.4. The third-order valence-corrected chi connectivity index (χ3v) is 4.64. The van der Waals surface area contributed by atoms with E-state index >= 15 is 0 Å². The first-order chi connectivity index (χ1) is 14.2. The molecule has 0 unspecified atom stereocenters. The lowest BCUT2D eigenvalue weighted by atomic mass is 10.0. The molecular formula is C24H20N4O. The molecule has 0 amide bonds. The Balaban J connectivity index is 1.92. The second-order valence-electron chi connectivity index (χ2n) is 6.69. The zero-order valence-electron chi connectivity index (χ0n) is 15.9. The van der Waals surface area contributed by atoms with Crippen molar-refractivity contribution in [2.24, 2.45) is 10.9 Å². The van der Waals surface area contributed by atoms with Crippen LogP contribution in [0.2, 0.25) is 0 Å². The molecule has 0 aliphatic rings. The summed E-state index contributed by atoms with van der Waals surface area (Å²) in [6.07, 6.45) is 0. The lowest BCUT2D eigenvalue weighted by Crippen LogP contribution is -2.12. The molecular weight excluding hydrogens is 360 g/mol. The highest BCUT2D eigenvalue weighted by Gasteiger charge is 2.17. The summed E-state index contributed by atoms with van der Waals surface area (Å²) in [6.45, 7) is 2.04. The molecule has 4 rings (SSSR count). The first-order valence-corrected chi connectivity index (χ1v) is 9.24. The topological polar surface area (TPSA) is 84.4 Å². The van der Waals surface area contributed by atoms with Crippen molar-refractivity contribution in [3.8, 4) is 28.3 Å². The molecule has 1 aromatic heterocycles. The van der Waals surface area contributed by atoms with E-state index < -0.39 is 0 Å². The van der Waals surface area contributed by atoms with Crippen molar-refractivity contribution in [2.45, 2.75) is 6.92 Å². The zero-order chi connectivity index (χ0) is 20.2. The highest BCUT2D eigenvalue weighted by molar-refractivity contribution is 6.12. The predicted molar refractivity (Wildman–Crippen MR) is 116 cm³/mol. The minimum atomic E-state index is 0.0716. The standard InChI is InChI=1S/C24H20N4O/c1-16-11-13-18(14-12-16)21-15-20(17-7-3-2-4-8-17)26-24(27-21)23(28-25)19-9-5-6-10-22(19)29/h2-15,29H,25H2,1H3. The van der Waals surface area contributed by atoms with Crippen molar-refractivity contribution in [3.63, 3.8) is 0 Å². The number of nitrogens with zero attached hydrogens (tertiary/aromatic N) is 3. The average molecular weight is 380 g/mol. The van der Waals surface area contributed by atoms with Crippen LogP contribution in [0.1, 0.15) is 17.0 Å². The van der Waals surface area contributed by atoms with Gasteiger partial charge in [0, 0.05) is 16.7 Å². The van der Waals surface area contributed by atoms with Crippen LogP contribution >= 0.6 is 0 Å². The van der Waals surface area contributed by atoms with Gasteiger partial charge in [-0.05, 0) is 25.1 Å². The normalized spacial score (nSPS) is 11.4. The van der Waals surface area contributed by atoms with Crippen LogP contribution in [0.4, 0.5) is 0 Å². The van der Waals surface area contributed by atoms with Crippen LogP contribution in [0.25, 0.3) is 22.5 Å². The molecule has 0 fully saturated rings. The highest BCUT2D eigenvalue weighted by atomic mass is 16.3. The number of phenolic OH excluding ortho intramolecular Hbond substituents is 1. The van der Waals surface area contributed by atoms with Gasteiger partial charge in [0.2, 0.25) is 0 Å². The van der Waals surface area contributed by atoms with Gasteiger partial charge in [0.05, 0.1) is 11.4 Å². The van der Waals surface area contributed by atoms with Crippen molar-refractivity contribution in [3.05, 3.63) is 102 Å². The fourth-order valence-electron chi connectivity index (χ4n) is 3.10. The second-order valence-corrected chi connectivity index (χ2v) is 6.69. The molecule has 1 heterocycles. The molecule has 0 aliphatic heterocycles. The number of hydrazone groups is 1. The number of hydrogen-bond donors (Lipinski definition) is 2. The van der Waals surface area contributed by atoms with E-state index in [2.05, 4.69) is 5.10 Å². The maximum absolute atomic E-state index is 10.3. The molecule has 3 aromatic carbocycles. The number of aryl methyl sites for hydroxylation is 1. The van der Waals surface area contributed by atoms with Gasteiger partial charge >= 0.3 is 0 Å². The zero-order valence-corrected chi connectivity index (χ0v) is 15.9. The van der Waals surface area contributed by atoms with E-state index in [0.717, 1.165) is 22.5 Å². The van der Waals surface area contributed by atoms with E-state index in [1.165, 1.54) is 5.56 Å². The Bertz CT molecular complexity index is 1170. The fraction of sp³-hybridized carbons (Fsp3) is 0.0417. The summed E-state index contributed by atoms with van der Waals surface area (Å²) >= 11 is 0. The van der Waals surface area contributed by atoms with Crippen LogP contribution in [-0.2, 0) is 0 Å². The SMILES string of the molecule is Cc1ccc(-c2cc(-c3ccccc3)nc(C(=NN)c3ccccc3O)n2)cc1. The largest absolute Gasteiger partial charge is 0.507 e. The van der Waals surface area contributed by atoms with Gasteiger partial charge in [-0.15, -0.1) is 0 Å². The van der Waals surface area contributed by atoms with Crippen molar-refractivity contribution in [1.82, 2.24) is 9.97 Å². The summed E-state index contributed by atoms with van der Waals surface area (Å²) < 4.78 is 0. The van der Waals surface area contributed by atoms with Crippen LogP contribution in [0.3, 0.4) is 0 Å². The lowest BCUT2D eigenvalue weighted by Gasteiger charge is -2.11. The average Bonchev–Trinajstić information content (AvgIpc) is 2.76. The maximum Gasteiger partial charge on any atom is 0.181 e. The Kier molecular flexibility index (Phi) is 5.03. The fourth-order valence-corrected chi connectivity index (χ4v) is 3.10. The van der Waals surface area contributed by atoms with Gasteiger partial charge in [0.1, 0.15) is 11.5 Å². The van der Waals surface area contributed by atoms with Crippen LogP contribution in [0.5, 0.6) is 5.75 Å². The van der Waals surface area contributed by atoms with Gasteiger partial charge in [0.15, 0.2) is 5.82 Å².